The fourth-order valence-corrected chi connectivity index (χ4v) is 3.91. The number of halogens is 1. The van der Waals surface area contributed by atoms with Gasteiger partial charge in [-0.3, -0.25) is 0 Å². The Labute approximate surface area is 121 Å². The number of ether oxygens (including phenoxy) is 1. The Morgan fingerprint density at radius 1 is 1.24 bits per heavy atom. The first-order valence-electron chi connectivity index (χ1n) is 6.23. The van der Waals surface area contributed by atoms with Gasteiger partial charge in [0.25, 0.3) is 0 Å². The zero-order chi connectivity index (χ0) is 15.0. The molecule has 0 amide bonds. The Morgan fingerprint density at radius 2 is 2.05 bits per heavy atom. The first-order valence-corrected chi connectivity index (χ1v) is 7.88. The molecule has 3 rings (SSSR count). The third-order valence-corrected chi connectivity index (χ3v) is 5.12. The summed E-state index contributed by atoms with van der Waals surface area (Å²) in [6, 6.07) is 10.4. The van der Waals surface area contributed by atoms with E-state index in [2.05, 4.69) is 0 Å². The van der Waals surface area contributed by atoms with Crippen molar-refractivity contribution in [2.45, 2.75) is 11.3 Å². The average molecular weight is 303 g/mol. The fourth-order valence-electron chi connectivity index (χ4n) is 2.36. The number of sulfone groups is 1. The molecule has 6 heteroatoms. The van der Waals surface area contributed by atoms with Crippen LogP contribution in [0.25, 0.3) is 0 Å². The van der Waals surface area contributed by atoms with E-state index in [0.717, 1.165) is 0 Å². The molecule has 0 radical (unpaired) electrons. The SMILES string of the molecule is N#Cc1c(Oc2cccc(F)c2)ccc2c1CCS2(=O)=O. The zero-order valence-corrected chi connectivity index (χ0v) is 11.7. The highest BCUT2D eigenvalue weighted by Crippen LogP contribution is 2.35. The third-order valence-electron chi connectivity index (χ3n) is 3.32. The van der Waals surface area contributed by atoms with E-state index < -0.39 is 15.7 Å². The lowest BCUT2D eigenvalue weighted by molar-refractivity contribution is 0.474. The Kier molecular flexibility index (Phi) is 3.15. The molecule has 21 heavy (non-hydrogen) atoms. The summed E-state index contributed by atoms with van der Waals surface area (Å²) in [5.74, 6) is 0.0430. The predicted molar refractivity (Wildman–Crippen MR) is 73.4 cm³/mol. The predicted octanol–water partition coefficient (Wildman–Crippen LogP) is 2.82. The van der Waals surface area contributed by atoms with Gasteiger partial charge in [0.05, 0.1) is 16.2 Å². The summed E-state index contributed by atoms with van der Waals surface area (Å²) in [6.07, 6.45) is 0.293. The van der Waals surface area contributed by atoms with Crippen LogP contribution in [0, 0.1) is 17.1 Å². The van der Waals surface area contributed by atoms with Crippen molar-refractivity contribution in [1.29, 1.82) is 5.26 Å². The zero-order valence-electron chi connectivity index (χ0n) is 10.8. The minimum absolute atomic E-state index is 0.000428. The quantitative estimate of drug-likeness (QED) is 0.855. The highest BCUT2D eigenvalue weighted by molar-refractivity contribution is 7.91. The summed E-state index contributed by atoms with van der Waals surface area (Å²) in [5.41, 5.74) is 0.671. The van der Waals surface area contributed by atoms with E-state index in [-0.39, 0.29) is 27.7 Å². The van der Waals surface area contributed by atoms with E-state index in [9.17, 15) is 18.1 Å². The first-order chi connectivity index (χ1) is 10.0. The van der Waals surface area contributed by atoms with Gasteiger partial charge in [-0.25, -0.2) is 12.8 Å². The van der Waals surface area contributed by atoms with Gasteiger partial charge in [0, 0.05) is 6.07 Å². The molecule has 1 aliphatic rings. The highest BCUT2D eigenvalue weighted by atomic mass is 32.2. The van der Waals surface area contributed by atoms with Crippen LogP contribution in [0.4, 0.5) is 4.39 Å². The molecule has 0 bridgehead atoms. The van der Waals surface area contributed by atoms with Gasteiger partial charge in [0.15, 0.2) is 9.84 Å². The van der Waals surface area contributed by atoms with Crippen molar-refractivity contribution in [3.05, 3.63) is 53.3 Å². The van der Waals surface area contributed by atoms with Gasteiger partial charge < -0.3 is 4.74 Å². The van der Waals surface area contributed by atoms with Crippen molar-refractivity contribution in [1.82, 2.24) is 0 Å². The van der Waals surface area contributed by atoms with E-state index in [1.54, 1.807) is 6.07 Å². The largest absolute Gasteiger partial charge is 0.456 e. The molecule has 2 aromatic rings. The standard InChI is InChI=1S/C15H10FNO3S/c16-10-2-1-3-11(8-10)20-14-4-5-15-12(13(14)9-17)6-7-21(15,18)19/h1-5,8H,6-7H2. The molecule has 106 valence electrons. The highest BCUT2D eigenvalue weighted by Gasteiger charge is 2.30. The van der Waals surface area contributed by atoms with Gasteiger partial charge in [-0.05, 0) is 36.2 Å². The van der Waals surface area contributed by atoms with Crippen molar-refractivity contribution in [3.63, 3.8) is 0 Å². The Hall–Kier alpha value is -2.39. The number of hydrogen-bond acceptors (Lipinski definition) is 4. The molecular weight excluding hydrogens is 293 g/mol. The van der Waals surface area contributed by atoms with Gasteiger partial charge in [-0.1, -0.05) is 6.07 Å². The first kappa shape index (κ1) is 13.6. The smallest absolute Gasteiger partial charge is 0.179 e. The molecule has 0 fully saturated rings. The normalized spacial score (nSPS) is 15.2. The van der Waals surface area contributed by atoms with Crippen LogP contribution in [0.15, 0.2) is 41.3 Å². The molecule has 4 nitrogen and oxygen atoms in total. The van der Waals surface area contributed by atoms with Crippen molar-refractivity contribution in [3.8, 4) is 17.6 Å². The van der Waals surface area contributed by atoms with Crippen LogP contribution in [0.3, 0.4) is 0 Å². The second kappa shape index (κ2) is 4.86. The minimum Gasteiger partial charge on any atom is -0.456 e. The Balaban J connectivity index is 2.08. The summed E-state index contributed by atoms with van der Waals surface area (Å²) < 4.78 is 42.3. The molecule has 0 atom stereocenters. The van der Waals surface area contributed by atoms with E-state index in [0.29, 0.717) is 12.0 Å². The van der Waals surface area contributed by atoms with Crippen molar-refractivity contribution in [2.24, 2.45) is 0 Å². The van der Waals surface area contributed by atoms with Gasteiger partial charge in [0.2, 0.25) is 0 Å². The maximum absolute atomic E-state index is 13.1. The van der Waals surface area contributed by atoms with Crippen molar-refractivity contribution in [2.75, 3.05) is 5.75 Å². The minimum atomic E-state index is -3.30. The number of nitrogens with zero attached hydrogens (tertiary/aromatic N) is 1. The number of hydrogen-bond donors (Lipinski definition) is 0. The average Bonchev–Trinajstić information content (AvgIpc) is 2.74. The topological polar surface area (TPSA) is 67.2 Å². The summed E-state index contributed by atoms with van der Waals surface area (Å²) in [7, 11) is -3.30. The Bertz CT molecular complexity index is 869. The molecule has 1 heterocycles. The molecule has 2 aromatic carbocycles. The molecule has 0 N–H and O–H groups in total. The second-order valence-electron chi connectivity index (χ2n) is 4.66. The summed E-state index contributed by atoms with van der Waals surface area (Å²) in [4.78, 5) is 0.186. The van der Waals surface area contributed by atoms with Crippen LogP contribution in [-0.4, -0.2) is 14.2 Å². The van der Waals surface area contributed by atoms with E-state index in [4.69, 9.17) is 4.74 Å². The third kappa shape index (κ3) is 2.36. The van der Waals surface area contributed by atoms with Crippen LogP contribution < -0.4 is 4.74 Å². The summed E-state index contributed by atoms with van der Waals surface area (Å²) >= 11 is 0. The second-order valence-corrected chi connectivity index (χ2v) is 6.73. The Morgan fingerprint density at radius 3 is 2.76 bits per heavy atom. The van der Waals surface area contributed by atoms with Crippen molar-refractivity contribution < 1.29 is 17.5 Å². The lowest BCUT2D eigenvalue weighted by atomic mass is 10.1. The van der Waals surface area contributed by atoms with E-state index in [1.807, 2.05) is 6.07 Å². The summed E-state index contributed by atoms with van der Waals surface area (Å²) in [5, 5.41) is 9.29. The molecule has 0 saturated carbocycles. The molecule has 0 aliphatic carbocycles. The molecular formula is C15H10FNO3S. The maximum atomic E-state index is 13.1. The number of fused-ring (bicyclic) bond motifs is 1. The lowest BCUT2D eigenvalue weighted by Crippen LogP contribution is -1.99. The monoisotopic (exact) mass is 303 g/mol. The van der Waals surface area contributed by atoms with Crippen LogP contribution in [0.2, 0.25) is 0 Å². The molecule has 0 saturated heterocycles. The lowest BCUT2D eigenvalue weighted by Gasteiger charge is -2.10. The fraction of sp³-hybridized carbons (Fsp3) is 0.133. The molecule has 0 aromatic heterocycles. The molecule has 1 aliphatic heterocycles. The molecule has 0 unspecified atom stereocenters. The number of nitriles is 1. The van der Waals surface area contributed by atoms with E-state index in [1.165, 1.54) is 30.3 Å². The maximum Gasteiger partial charge on any atom is 0.179 e. The van der Waals surface area contributed by atoms with Crippen LogP contribution in [-0.2, 0) is 16.3 Å². The van der Waals surface area contributed by atoms with Gasteiger partial charge in [-0.2, -0.15) is 5.26 Å². The van der Waals surface area contributed by atoms with Crippen LogP contribution in [0.1, 0.15) is 11.1 Å². The molecule has 0 spiro atoms. The van der Waals surface area contributed by atoms with Crippen LogP contribution >= 0.6 is 0 Å². The van der Waals surface area contributed by atoms with E-state index >= 15 is 0 Å². The van der Waals surface area contributed by atoms with Gasteiger partial charge in [-0.15, -0.1) is 0 Å². The van der Waals surface area contributed by atoms with Crippen molar-refractivity contribution >= 4 is 9.84 Å². The van der Waals surface area contributed by atoms with Crippen LogP contribution in [0.5, 0.6) is 11.5 Å². The number of rotatable bonds is 2. The van der Waals surface area contributed by atoms with Gasteiger partial charge >= 0.3 is 0 Å². The number of benzene rings is 2. The van der Waals surface area contributed by atoms with Gasteiger partial charge in [0.1, 0.15) is 23.4 Å². The summed E-state index contributed by atoms with van der Waals surface area (Å²) in [6.45, 7) is 0.